The minimum absolute atomic E-state index is 0.114. The SMILES string of the molecule is COCCN1C2=C(C(=O)CC(C)(C)C2)C(c2cn(C)c3ccccc23)C2=C1CC(C)(C)CC2=O. The minimum Gasteiger partial charge on any atom is -0.383 e. The van der Waals surface area contributed by atoms with Crippen LogP contribution in [0.2, 0.25) is 0 Å². The lowest BCUT2D eigenvalue weighted by atomic mass is 9.63. The van der Waals surface area contributed by atoms with Crippen molar-refractivity contribution < 1.29 is 14.3 Å². The average Bonchev–Trinajstić information content (AvgIpc) is 3.07. The molecule has 34 heavy (non-hydrogen) atoms. The highest BCUT2D eigenvalue weighted by atomic mass is 16.5. The summed E-state index contributed by atoms with van der Waals surface area (Å²) in [6.45, 7) is 9.91. The third-order valence-corrected chi connectivity index (χ3v) is 7.78. The number of carbonyl (C=O) groups excluding carboxylic acids is 2. The Morgan fingerprint density at radius 1 is 0.912 bits per heavy atom. The fraction of sp³-hybridized carbons (Fsp3) is 0.517. The number of allylic oxidation sites excluding steroid dienone is 4. The van der Waals surface area contributed by atoms with Crippen LogP contribution in [0.15, 0.2) is 53.0 Å². The Morgan fingerprint density at radius 2 is 1.47 bits per heavy atom. The summed E-state index contributed by atoms with van der Waals surface area (Å²) >= 11 is 0. The molecule has 0 atom stereocenters. The van der Waals surface area contributed by atoms with Crippen molar-refractivity contribution in [2.45, 2.75) is 59.3 Å². The molecular weight excluding hydrogens is 424 g/mol. The van der Waals surface area contributed by atoms with Crippen LogP contribution in [0.5, 0.6) is 0 Å². The van der Waals surface area contributed by atoms with E-state index in [1.807, 2.05) is 19.2 Å². The van der Waals surface area contributed by atoms with E-state index < -0.39 is 0 Å². The van der Waals surface area contributed by atoms with Crippen molar-refractivity contribution in [3.8, 4) is 0 Å². The first-order valence-electron chi connectivity index (χ1n) is 12.4. The quantitative estimate of drug-likeness (QED) is 0.604. The van der Waals surface area contributed by atoms with E-state index in [4.69, 9.17) is 4.74 Å². The molecule has 5 heteroatoms. The summed E-state index contributed by atoms with van der Waals surface area (Å²) in [4.78, 5) is 30.0. The van der Waals surface area contributed by atoms with Crippen LogP contribution in [-0.2, 0) is 21.4 Å². The molecule has 3 aliphatic rings. The number of methoxy groups -OCH3 is 1. The van der Waals surface area contributed by atoms with Gasteiger partial charge < -0.3 is 14.2 Å². The predicted octanol–water partition coefficient (Wildman–Crippen LogP) is 5.51. The van der Waals surface area contributed by atoms with E-state index in [0.29, 0.717) is 26.0 Å². The van der Waals surface area contributed by atoms with E-state index >= 15 is 0 Å². The Hall–Kier alpha value is -2.66. The van der Waals surface area contributed by atoms with Gasteiger partial charge in [0.25, 0.3) is 0 Å². The molecular formula is C29H36N2O3. The summed E-state index contributed by atoms with van der Waals surface area (Å²) < 4.78 is 7.60. The molecule has 2 aromatic rings. The second-order valence-corrected chi connectivity index (χ2v) is 11.9. The van der Waals surface area contributed by atoms with Crippen LogP contribution >= 0.6 is 0 Å². The number of para-hydroxylation sites is 1. The van der Waals surface area contributed by atoms with Crippen LogP contribution in [0.1, 0.15) is 64.9 Å². The van der Waals surface area contributed by atoms with Gasteiger partial charge in [0.2, 0.25) is 0 Å². The van der Waals surface area contributed by atoms with Crippen LogP contribution in [0, 0.1) is 10.8 Å². The van der Waals surface area contributed by atoms with Gasteiger partial charge in [0.15, 0.2) is 11.6 Å². The van der Waals surface area contributed by atoms with Crippen molar-refractivity contribution in [1.29, 1.82) is 0 Å². The molecule has 0 saturated carbocycles. The summed E-state index contributed by atoms with van der Waals surface area (Å²) in [6.07, 6.45) is 4.80. The lowest BCUT2D eigenvalue weighted by Gasteiger charge is -2.49. The summed E-state index contributed by atoms with van der Waals surface area (Å²) in [5, 5.41) is 1.12. The zero-order valence-corrected chi connectivity index (χ0v) is 21.3. The standard InChI is InChI=1S/C29H36N2O3/c1-28(2)13-21-26(23(32)15-28)25(19-17-30(5)20-10-8-7-9-18(19)20)27-22(31(21)11-12-34-6)14-29(3,4)16-24(27)33/h7-10,17,25H,11-16H2,1-6H3. The Bertz CT molecular complexity index is 1200. The number of nitrogens with zero attached hydrogens (tertiary/aromatic N) is 2. The molecule has 0 N–H and O–H groups in total. The van der Waals surface area contributed by atoms with E-state index in [0.717, 1.165) is 51.8 Å². The van der Waals surface area contributed by atoms with Crippen molar-refractivity contribution in [3.63, 3.8) is 0 Å². The molecule has 0 bridgehead atoms. The Kier molecular flexibility index (Phi) is 5.40. The zero-order valence-electron chi connectivity index (χ0n) is 21.3. The number of benzene rings is 1. The van der Waals surface area contributed by atoms with Gasteiger partial charge in [-0.2, -0.15) is 0 Å². The molecule has 1 aliphatic heterocycles. The first-order valence-corrected chi connectivity index (χ1v) is 12.4. The normalized spacial score (nSPS) is 22.5. The first kappa shape index (κ1) is 23.1. The lowest BCUT2D eigenvalue weighted by Crippen LogP contribution is -2.45. The molecule has 0 fully saturated rings. The molecule has 180 valence electrons. The van der Waals surface area contributed by atoms with E-state index in [9.17, 15) is 9.59 Å². The van der Waals surface area contributed by atoms with E-state index in [2.05, 4.69) is 55.5 Å². The van der Waals surface area contributed by atoms with Gasteiger partial charge in [-0.25, -0.2) is 0 Å². The maximum absolute atomic E-state index is 13.8. The summed E-state index contributed by atoms with van der Waals surface area (Å²) in [6, 6.07) is 8.31. The lowest BCUT2D eigenvalue weighted by molar-refractivity contribution is -0.119. The van der Waals surface area contributed by atoms with Gasteiger partial charge in [-0.15, -0.1) is 0 Å². The molecule has 0 amide bonds. The van der Waals surface area contributed by atoms with Gasteiger partial charge in [-0.3, -0.25) is 9.59 Å². The topological polar surface area (TPSA) is 51.5 Å². The van der Waals surface area contributed by atoms with Crippen LogP contribution in [0.3, 0.4) is 0 Å². The molecule has 0 saturated heterocycles. The van der Waals surface area contributed by atoms with Crippen LogP contribution in [0.4, 0.5) is 0 Å². The molecule has 5 rings (SSSR count). The first-order chi connectivity index (χ1) is 16.0. The highest BCUT2D eigenvalue weighted by Gasteiger charge is 2.49. The van der Waals surface area contributed by atoms with Crippen molar-refractivity contribution in [1.82, 2.24) is 9.47 Å². The number of rotatable bonds is 4. The number of ether oxygens (including phenoxy) is 1. The second kappa shape index (κ2) is 7.94. The Labute approximate surface area is 202 Å². The van der Waals surface area contributed by atoms with Crippen molar-refractivity contribution >= 4 is 22.5 Å². The molecule has 0 radical (unpaired) electrons. The molecule has 2 heterocycles. The number of ketones is 2. The molecule has 2 aliphatic carbocycles. The number of hydrogen-bond donors (Lipinski definition) is 0. The smallest absolute Gasteiger partial charge is 0.162 e. The molecule has 0 unspecified atom stereocenters. The van der Waals surface area contributed by atoms with E-state index in [1.54, 1.807) is 7.11 Å². The van der Waals surface area contributed by atoms with E-state index in [-0.39, 0.29) is 28.3 Å². The predicted molar refractivity (Wildman–Crippen MR) is 134 cm³/mol. The minimum atomic E-state index is -0.304. The van der Waals surface area contributed by atoms with Gasteiger partial charge >= 0.3 is 0 Å². The maximum Gasteiger partial charge on any atom is 0.162 e. The number of aryl methyl sites for hydroxylation is 1. The fourth-order valence-electron chi connectivity index (χ4n) is 6.41. The number of fused-ring (bicyclic) bond motifs is 1. The van der Waals surface area contributed by atoms with Gasteiger partial charge in [0.1, 0.15) is 0 Å². The summed E-state index contributed by atoms with van der Waals surface area (Å²) in [5.41, 5.74) is 5.83. The van der Waals surface area contributed by atoms with Crippen molar-refractivity contribution in [2.24, 2.45) is 17.9 Å². The second-order valence-electron chi connectivity index (χ2n) is 11.9. The number of aromatic nitrogens is 1. The third-order valence-electron chi connectivity index (χ3n) is 7.78. The summed E-state index contributed by atoms with van der Waals surface area (Å²) in [5.74, 6) is 0.0497. The number of hydrogen-bond acceptors (Lipinski definition) is 4. The molecule has 0 spiro atoms. The van der Waals surface area contributed by atoms with Crippen molar-refractivity contribution in [2.75, 3.05) is 20.3 Å². The van der Waals surface area contributed by atoms with Gasteiger partial charge in [-0.05, 0) is 35.3 Å². The maximum atomic E-state index is 13.8. The Balaban J connectivity index is 1.81. The van der Waals surface area contributed by atoms with Gasteiger partial charge in [0.05, 0.1) is 6.61 Å². The Morgan fingerprint density at radius 3 is 2.03 bits per heavy atom. The van der Waals surface area contributed by atoms with Crippen LogP contribution in [-0.4, -0.2) is 41.3 Å². The summed E-state index contributed by atoms with van der Waals surface area (Å²) in [7, 11) is 3.75. The van der Waals surface area contributed by atoms with Gasteiger partial charge in [-0.1, -0.05) is 45.9 Å². The third kappa shape index (κ3) is 3.65. The molecule has 5 nitrogen and oxygen atoms in total. The van der Waals surface area contributed by atoms with E-state index in [1.165, 1.54) is 0 Å². The highest BCUT2D eigenvalue weighted by Crippen LogP contribution is 2.55. The van der Waals surface area contributed by atoms with Gasteiger partial charge in [0, 0.05) is 79.1 Å². The molecule has 1 aromatic heterocycles. The zero-order chi connectivity index (χ0) is 24.4. The monoisotopic (exact) mass is 460 g/mol. The average molecular weight is 461 g/mol. The highest BCUT2D eigenvalue weighted by molar-refractivity contribution is 6.08. The number of Topliss-reactive ketones (excluding diaryl/α,β-unsaturated/α-hetero) is 2. The van der Waals surface area contributed by atoms with Crippen molar-refractivity contribution in [3.05, 3.63) is 58.6 Å². The van der Waals surface area contributed by atoms with Crippen LogP contribution < -0.4 is 0 Å². The number of carbonyl (C=O) groups is 2. The largest absolute Gasteiger partial charge is 0.383 e. The fourth-order valence-corrected chi connectivity index (χ4v) is 6.41. The van der Waals surface area contributed by atoms with Crippen LogP contribution in [0.25, 0.3) is 10.9 Å². The molecule has 1 aromatic carbocycles.